The van der Waals surface area contributed by atoms with Crippen LogP contribution in [0.3, 0.4) is 0 Å². The number of carbonyl (C=O) groups is 2. The fourth-order valence-corrected chi connectivity index (χ4v) is 11.5. The molecule has 6 unspecified atom stereocenters. The molecule has 6 atom stereocenters. The minimum absolute atomic E-state index is 0.0349. The summed E-state index contributed by atoms with van der Waals surface area (Å²) in [6.45, 7) is 7.05. The molecule has 2 N–H and O–H groups in total. The van der Waals surface area contributed by atoms with Crippen molar-refractivity contribution < 1.29 is 43.6 Å². The van der Waals surface area contributed by atoms with Crippen LogP contribution in [0.25, 0.3) is 10.8 Å². The predicted octanol–water partition coefficient (Wildman–Crippen LogP) is 12.7. The number of aliphatic hydroxyl groups excluding tert-OH is 2. The van der Waals surface area contributed by atoms with E-state index in [-0.39, 0.29) is 43.5 Å². The van der Waals surface area contributed by atoms with Gasteiger partial charge in [-0.3, -0.25) is 9.59 Å². The van der Waals surface area contributed by atoms with Gasteiger partial charge in [0, 0.05) is 44.1 Å². The molecule has 0 radical (unpaired) electrons. The van der Waals surface area contributed by atoms with E-state index < -0.39 is 17.7 Å². The summed E-state index contributed by atoms with van der Waals surface area (Å²) in [7, 11) is 3.10. The second-order valence-corrected chi connectivity index (χ2v) is 19.3. The monoisotopic (exact) mass is 957 g/mol. The van der Waals surface area contributed by atoms with Crippen LogP contribution in [0.2, 0.25) is 0 Å². The molecule has 376 valence electrons. The molecule has 1 amide bonds. The van der Waals surface area contributed by atoms with Crippen LogP contribution < -0.4 is 14.2 Å². The third-order valence-corrected chi connectivity index (χ3v) is 14.8. The van der Waals surface area contributed by atoms with Gasteiger partial charge in [0.25, 0.3) is 0 Å². The van der Waals surface area contributed by atoms with Gasteiger partial charge in [-0.25, -0.2) is 0 Å². The van der Waals surface area contributed by atoms with Crippen LogP contribution in [0.4, 0.5) is 0 Å². The Kier molecular flexibility index (Phi) is 19.5. The van der Waals surface area contributed by atoms with Gasteiger partial charge in [-0.05, 0) is 102 Å². The Hall–Kier alpha value is -5.49. The lowest BCUT2D eigenvalue weighted by Crippen LogP contribution is -2.70. The number of fused-ring (bicyclic) bond motifs is 3. The summed E-state index contributed by atoms with van der Waals surface area (Å²) < 4.78 is 26.8. The fourth-order valence-electron chi connectivity index (χ4n) is 11.5. The van der Waals surface area contributed by atoms with E-state index in [4.69, 9.17) is 28.9 Å². The van der Waals surface area contributed by atoms with Gasteiger partial charge in [0.15, 0.2) is 6.29 Å². The number of hydrogen-bond donors (Lipinski definition) is 2. The zero-order valence-electron chi connectivity index (χ0n) is 41.8. The number of rotatable bonds is 29. The molecule has 1 heterocycles. The molecule has 4 aromatic carbocycles. The first-order valence-electron chi connectivity index (χ1n) is 26.0. The smallest absolute Gasteiger partial charge is 0.239 e. The van der Waals surface area contributed by atoms with Crippen molar-refractivity contribution in [1.82, 2.24) is 4.90 Å². The summed E-state index contributed by atoms with van der Waals surface area (Å²) in [5.74, 6) is 0.201. The van der Waals surface area contributed by atoms with Crippen LogP contribution in [-0.2, 0) is 20.9 Å². The van der Waals surface area contributed by atoms with Gasteiger partial charge in [-0.1, -0.05) is 131 Å². The summed E-state index contributed by atoms with van der Waals surface area (Å²) >= 11 is 0. The van der Waals surface area contributed by atoms with Gasteiger partial charge in [0.05, 0.1) is 30.9 Å². The number of oxime groups is 1. The number of allylic oxidation sites excluding steroid dienone is 1. The lowest BCUT2D eigenvalue weighted by Gasteiger charge is -2.60. The van der Waals surface area contributed by atoms with Gasteiger partial charge in [-0.15, -0.1) is 6.58 Å². The highest BCUT2D eigenvalue weighted by atomic mass is 16.7. The SMILES string of the molecule is C=CCOC12Oc3ccc(Oc4ccc(OC)c(C=O)c4)cc3C3C(CCCCO)C(CCCCO)C=C(C(=NOC)CC1N(Cc1cccc4ccccc14)C(=O)CCCCCCCCCCC)C32. The van der Waals surface area contributed by atoms with E-state index in [0.717, 1.165) is 84.4 Å². The molecule has 4 aromatic rings. The highest BCUT2D eigenvalue weighted by molar-refractivity contribution is 6.03. The molecule has 1 fully saturated rings. The van der Waals surface area contributed by atoms with Crippen LogP contribution in [-0.4, -0.2) is 78.9 Å². The Morgan fingerprint density at radius 3 is 2.30 bits per heavy atom. The normalized spacial score (nSPS) is 21.8. The molecule has 1 aliphatic heterocycles. The molecular formula is C59H76N2O9. The van der Waals surface area contributed by atoms with Crippen molar-refractivity contribution in [3.63, 3.8) is 0 Å². The van der Waals surface area contributed by atoms with Crippen LogP contribution in [0.5, 0.6) is 23.0 Å². The van der Waals surface area contributed by atoms with E-state index in [1.807, 2.05) is 29.2 Å². The molecule has 11 heteroatoms. The van der Waals surface area contributed by atoms with Gasteiger partial charge < -0.3 is 38.9 Å². The Balaban J connectivity index is 1.38. The lowest BCUT2D eigenvalue weighted by molar-refractivity contribution is -0.258. The van der Waals surface area contributed by atoms with Gasteiger partial charge in [0.1, 0.15) is 36.1 Å². The average molecular weight is 957 g/mol. The van der Waals surface area contributed by atoms with Gasteiger partial charge in [0.2, 0.25) is 11.7 Å². The van der Waals surface area contributed by atoms with E-state index in [1.54, 1.807) is 31.4 Å². The summed E-state index contributed by atoms with van der Waals surface area (Å²) in [6, 6.07) is 25.0. The second kappa shape index (κ2) is 26.1. The molecule has 1 saturated carbocycles. The Morgan fingerprint density at radius 1 is 0.857 bits per heavy atom. The molecule has 3 aliphatic rings. The second-order valence-electron chi connectivity index (χ2n) is 19.3. The van der Waals surface area contributed by atoms with Crippen molar-refractivity contribution in [1.29, 1.82) is 0 Å². The van der Waals surface area contributed by atoms with Crippen molar-refractivity contribution >= 4 is 28.7 Å². The lowest BCUT2D eigenvalue weighted by atomic mass is 9.55. The van der Waals surface area contributed by atoms with Crippen LogP contribution in [0, 0.1) is 17.8 Å². The number of ether oxygens (including phenoxy) is 4. The van der Waals surface area contributed by atoms with Crippen molar-refractivity contribution in [2.24, 2.45) is 22.9 Å². The molecule has 11 nitrogen and oxygen atoms in total. The maximum absolute atomic E-state index is 15.4. The average Bonchev–Trinajstić information content (AvgIpc) is 3.38. The van der Waals surface area contributed by atoms with Crippen molar-refractivity contribution in [2.45, 2.75) is 140 Å². The third kappa shape index (κ3) is 12.2. The van der Waals surface area contributed by atoms with E-state index in [9.17, 15) is 15.0 Å². The number of aldehydes is 1. The largest absolute Gasteiger partial charge is 0.496 e. The standard InChI is InChI=1S/C59H76N2O9/c1-5-7-8-9-10-11-12-13-14-28-56(65)61(40-44-25-21-24-42-22-15-16-26-48(42)44)55-39-52(60-67-4)50-37-43(23-17-19-33-62)49(27-18-20-34-63)57-51-38-47(69-46-29-31-53(66-3)45(36-46)41-64)30-32-54(51)70-59(55,58(50)57)68-35-6-2/h6,15-16,21-22,24-26,29-32,36-38,41,43,49,55,57-58,62-63H,2,5,7-14,17-20,23,27-28,33-35,39-40H2,1,3-4H3. The van der Waals surface area contributed by atoms with Crippen LogP contribution >= 0.6 is 0 Å². The number of nitrogens with zero attached hydrogens (tertiary/aromatic N) is 2. The zero-order valence-corrected chi connectivity index (χ0v) is 41.8. The van der Waals surface area contributed by atoms with Crippen molar-refractivity contribution in [3.8, 4) is 23.0 Å². The Labute approximate surface area is 415 Å². The first kappa shape index (κ1) is 52.3. The van der Waals surface area contributed by atoms with E-state index in [2.05, 4.69) is 56.0 Å². The molecule has 0 bridgehead atoms. The number of hydrogen-bond acceptors (Lipinski definition) is 10. The summed E-state index contributed by atoms with van der Waals surface area (Å²) in [5, 5.41) is 27.1. The topological polar surface area (TPSA) is 136 Å². The summed E-state index contributed by atoms with van der Waals surface area (Å²) in [6.07, 6.45) is 20.5. The molecule has 0 saturated heterocycles. The van der Waals surface area contributed by atoms with Gasteiger partial charge >= 0.3 is 0 Å². The number of unbranched alkanes of at least 4 members (excludes halogenated alkanes) is 10. The van der Waals surface area contributed by atoms with Crippen LogP contribution in [0.1, 0.15) is 143 Å². The number of carbonyl (C=O) groups excluding carboxylic acids is 2. The number of amides is 1. The van der Waals surface area contributed by atoms with Gasteiger partial charge in [-0.2, -0.15) is 0 Å². The minimum Gasteiger partial charge on any atom is -0.496 e. The van der Waals surface area contributed by atoms with E-state index in [1.165, 1.54) is 45.6 Å². The Morgan fingerprint density at radius 2 is 1.57 bits per heavy atom. The minimum atomic E-state index is -1.40. The quantitative estimate of drug-likeness (QED) is 0.0236. The first-order valence-corrected chi connectivity index (χ1v) is 26.0. The molecule has 0 spiro atoms. The molecule has 70 heavy (non-hydrogen) atoms. The van der Waals surface area contributed by atoms with E-state index in [0.29, 0.717) is 60.8 Å². The molecule has 2 aliphatic carbocycles. The number of aliphatic hydroxyl groups is 2. The van der Waals surface area contributed by atoms with Crippen LogP contribution in [0.15, 0.2) is 108 Å². The number of methoxy groups -OCH3 is 1. The maximum atomic E-state index is 15.4. The molecular weight excluding hydrogens is 881 g/mol. The summed E-state index contributed by atoms with van der Waals surface area (Å²) in [5.41, 5.74) is 4.07. The predicted molar refractivity (Wildman–Crippen MR) is 277 cm³/mol. The van der Waals surface area contributed by atoms with E-state index >= 15 is 4.79 Å². The highest BCUT2D eigenvalue weighted by Crippen LogP contribution is 2.62. The van der Waals surface area contributed by atoms with Crippen molar-refractivity contribution in [2.75, 3.05) is 34.0 Å². The Bertz CT molecular complexity index is 2410. The first-order chi connectivity index (χ1) is 34.3. The summed E-state index contributed by atoms with van der Waals surface area (Å²) in [4.78, 5) is 35.2. The fraction of sp³-hybridized carbons (Fsp3) is 0.508. The zero-order chi connectivity index (χ0) is 49.3. The molecule has 0 aromatic heterocycles. The third-order valence-electron chi connectivity index (χ3n) is 14.8. The number of benzene rings is 4. The highest BCUT2D eigenvalue weighted by Gasteiger charge is 2.65. The maximum Gasteiger partial charge on any atom is 0.239 e. The van der Waals surface area contributed by atoms with Crippen molar-refractivity contribution in [3.05, 3.63) is 120 Å². The molecule has 7 rings (SSSR count).